The van der Waals surface area contributed by atoms with Crippen LogP contribution < -0.4 is 5.32 Å². The van der Waals surface area contributed by atoms with E-state index in [-0.39, 0.29) is 0 Å². The van der Waals surface area contributed by atoms with Crippen molar-refractivity contribution in [3.05, 3.63) is 59.2 Å². The summed E-state index contributed by atoms with van der Waals surface area (Å²) in [6.07, 6.45) is 1.02. The molecule has 1 N–H and O–H groups in total. The van der Waals surface area contributed by atoms with Crippen LogP contribution in [0.25, 0.3) is 0 Å². The molecule has 4 rings (SSSR count). The minimum atomic E-state index is -0.797. The van der Waals surface area contributed by atoms with E-state index in [9.17, 15) is 5.26 Å². The molecule has 0 unspecified atom stereocenters. The predicted molar refractivity (Wildman–Crippen MR) is 111 cm³/mol. The maximum absolute atomic E-state index is 9.30. The Balaban J connectivity index is 1.46. The van der Waals surface area contributed by atoms with Gasteiger partial charge in [0.1, 0.15) is 0 Å². The molecule has 0 bridgehead atoms. The van der Waals surface area contributed by atoms with Gasteiger partial charge in [-0.2, -0.15) is 5.26 Å². The van der Waals surface area contributed by atoms with Crippen molar-refractivity contribution in [3.63, 3.8) is 0 Å². The molecule has 2 fully saturated rings. The van der Waals surface area contributed by atoms with E-state index in [1.165, 1.54) is 5.56 Å². The maximum atomic E-state index is 9.30. The zero-order valence-corrected chi connectivity index (χ0v) is 16.8. The summed E-state index contributed by atoms with van der Waals surface area (Å²) in [5.41, 5.74) is 4.60. The van der Waals surface area contributed by atoms with Gasteiger partial charge >= 0.3 is 0 Å². The standard InChI is InChI=1S/C23H27N3O3/c1-23(28-14-15-29-23)21-7-4-19(17-24)16-22(21)25-20-5-2-18(3-6-20)8-9-26-10-12-27-13-11-26/h2-7,16,25H,8-15H2,1H3. The van der Waals surface area contributed by atoms with Crippen molar-refractivity contribution in [2.24, 2.45) is 0 Å². The van der Waals surface area contributed by atoms with Gasteiger partial charge in [-0.1, -0.05) is 18.2 Å². The molecule has 0 radical (unpaired) electrons. The second-order valence-electron chi connectivity index (χ2n) is 7.54. The van der Waals surface area contributed by atoms with Crippen LogP contribution in [0, 0.1) is 11.3 Å². The Labute approximate surface area is 172 Å². The van der Waals surface area contributed by atoms with E-state index in [1.54, 1.807) is 6.07 Å². The zero-order chi connectivity index (χ0) is 20.1. The van der Waals surface area contributed by atoms with Crippen molar-refractivity contribution in [1.82, 2.24) is 4.90 Å². The van der Waals surface area contributed by atoms with Crippen molar-refractivity contribution in [1.29, 1.82) is 5.26 Å². The monoisotopic (exact) mass is 393 g/mol. The van der Waals surface area contributed by atoms with Crippen molar-refractivity contribution in [2.75, 3.05) is 51.4 Å². The number of anilines is 2. The lowest BCUT2D eigenvalue weighted by atomic mass is 10.0. The summed E-state index contributed by atoms with van der Waals surface area (Å²) in [4.78, 5) is 2.44. The molecule has 6 nitrogen and oxygen atoms in total. The number of ether oxygens (including phenoxy) is 3. The van der Waals surface area contributed by atoms with Crippen molar-refractivity contribution >= 4 is 11.4 Å². The van der Waals surface area contributed by atoms with Crippen LogP contribution in [0.3, 0.4) is 0 Å². The third kappa shape index (κ3) is 4.77. The highest BCUT2D eigenvalue weighted by Gasteiger charge is 2.35. The fourth-order valence-corrected chi connectivity index (χ4v) is 3.81. The molecule has 2 heterocycles. The largest absolute Gasteiger partial charge is 0.379 e. The zero-order valence-electron chi connectivity index (χ0n) is 16.8. The summed E-state index contributed by atoms with van der Waals surface area (Å²) in [5.74, 6) is -0.797. The van der Waals surface area contributed by atoms with E-state index in [1.807, 2.05) is 19.1 Å². The molecule has 152 valence electrons. The van der Waals surface area contributed by atoms with E-state index in [0.29, 0.717) is 18.8 Å². The quantitative estimate of drug-likeness (QED) is 0.811. The Bertz CT molecular complexity index is 864. The summed E-state index contributed by atoms with van der Waals surface area (Å²) in [7, 11) is 0. The summed E-state index contributed by atoms with van der Waals surface area (Å²) in [6, 6.07) is 16.2. The lowest BCUT2D eigenvalue weighted by Crippen LogP contribution is -2.37. The van der Waals surface area contributed by atoms with Gasteiger partial charge in [-0.15, -0.1) is 0 Å². The van der Waals surface area contributed by atoms with E-state index in [2.05, 4.69) is 40.6 Å². The fraction of sp³-hybridized carbons (Fsp3) is 0.435. The average molecular weight is 393 g/mol. The van der Waals surface area contributed by atoms with Crippen LogP contribution in [-0.2, 0) is 26.4 Å². The smallest absolute Gasteiger partial charge is 0.194 e. The number of nitrogens with zero attached hydrogens (tertiary/aromatic N) is 2. The highest BCUT2D eigenvalue weighted by molar-refractivity contribution is 5.66. The van der Waals surface area contributed by atoms with Crippen molar-refractivity contribution < 1.29 is 14.2 Å². The summed E-state index contributed by atoms with van der Waals surface area (Å²) >= 11 is 0. The van der Waals surface area contributed by atoms with Crippen molar-refractivity contribution in [2.45, 2.75) is 19.1 Å². The topological polar surface area (TPSA) is 66.8 Å². The molecular weight excluding hydrogens is 366 g/mol. The molecule has 2 saturated heterocycles. The van der Waals surface area contributed by atoms with Gasteiger partial charge in [0.05, 0.1) is 38.1 Å². The lowest BCUT2D eigenvalue weighted by molar-refractivity contribution is -0.149. The van der Waals surface area contributed by atoms with E-state index < -0.39 is 5.79 Å². The molecule has 0 saturated carbocycles. The number of benzene rings is 2. The minimum Gasteiger partial charge on any atom is -0.379 e. The van der Waals surface area contributed by atoms with Crippen LogP contribution >= 0.6 is 0 Å². The van der Waals surface area contributed by atoms with Gasteiger partial charge in [-0.25, -0.2) is 0 Å². The molecule has 2 aromatic carbocycles. The number of rotatable bonds is 6. The SMILES string of the molecule is CC1(c2ccc(C#N)cc2Nc2ccc(CCN3CCOCC3)cc2)OCCO1. The lowest BCUT2D eigenvalue weighted by Gasteiger charge is -2.26. The molecular formula is C23H27N3O3. The first-order chi connectivity index (χ1) is 14.2. The molecule has 0 atom stereocenters. The number of hydrogen-bond acceptors (Lipinski definition) is 6. The van der Waals surface area contributed by atoms with Gasteiger partial charge in [-0.05, 0) is 43.2 Å². The minimum absolute atomic E-state index is 0.563. The molecule has 2 aliphatic heterocycles. The average Bonchev–Trinajstić information content (AvgIpc) is 3.21. The summed E-state index contributed by atoms with van der Waals surface area (Å²) in [5, 5.41) is 12.7. The number of nitriles is 1. The normalized spacial score (nSPS) is 19.0. The molecule has 6 heteroatoms. The Morgan fingerprint density at radius 2 is 1.76 bits per heavy atom. The van der Waals surface area contributed by atoms with E-state index in [4.69, 9.17) is 14.2 Å². The molecule has 0 spiro atoms. The Morgan fingerprint density at radius 1 is 1.03 bits per heavy atom. The Kier molecular flexibility index (Phi) is 6.12. The second-order valence-corrected chi connectivity index (χ2v) is 7.54. The van der Waals surface area contributed by atoms with Gasteiger partial charge in [-0.3, -0.25) is 4.90 Å². The Hall–Kier alpha value is -2.43. The molecule has 0 aliphatic carbocycles. The highest BCUT2D eigenvalue weighted by Crippen LogP contribution is 2.37. The summed E-state index contributed by atoms with van der Waals surface area (Å²) < 4.78 is 17.1. The van der Waals surface area contributed by atoms with Crippen LogP contribution in [0.2, 0.25) is 0 Å². The van der Waals surface area contributed by atoms with Crippen LogP contribution in [0.4, 0.5) is 11.4 Å². The maximum Gasteiger partial charge on any atom is 0.194 e. The van der Waals surface area contributed by atoms with Gasteiger partial charge in [0, 0.05) is 36.6 Å². The molecule has 29 heavy (non-hydrogen) atoms. The van der Waals surface area contributed by atoms with E-state index >= 15 is 0 Å². The van der Waals surface area contributed by atoms with Gasteiger partial charge in [0.15, 0.2) is 5.79 Å². The highest BCUT2D eigenvalue weighted by atomic mass is 16.7. The molecule has 0 aromatic heterocycles. The van der Waals surface area contributed by atoms with Crippen LogP contribution in [-0.4, -0.2) is 51.0 Å². The van der Waals surface area contributed by atoms with Crippen LogP contribution in [0.1, 0.15) is 23.6 Å². The first-order valence-corrected chi connectivity index (χ1v) is 10.1. The van der Waals surface area contributed by atoms with Crippen molar-refractivity contribution in [3.8, 4) is 6.07 Å². The number of nitrogens with one attached hydrogen (secondary N) is 1. The van der Waals surface area contributed by atoms with Gasteiger partial charge in [0.2, 0.25) is 0 Å². The molecule has 2 aromatic rings. The first-order valence-electron chi connectivity index (χ1n) is 10.1. The molecule has 0 amide bonds. The fourth-order valence-electron chi connectivity index (χ4n) is 3.81. The number of hydrogen-bond donors (Lipinski definition) is 1. The third-order valence-electron chi connectivity index (χ3n) is 5.53. The summed E-state index contributed by atoms with van der Waals surface area (Å²) in [6.45, 7) is 7.79. The second kappa shape index (κ2) is 8.93. The predicted octanol–water partition coefficient (Wildman–Crippen LogP) is 3.40. The first kappa shape index (κ1) is 19.9. The van der Waals surface area contributed by atoms with Crippen LogP contribution in [0.15, 0.2) is 42.5 Å². The molecule has 2 aliphatic rings. The third-order valence-corrected chi connectivity index (χ3v) is 5.53. The van der Waals surface area contributed by atoms with E-state index in [0.717, 1.165) is 56.2 Å². The van der Waals surface area contributed by atoms with Crippen LogP contribution in [0.5, 0.6) is 0 Å². The van der Waals surface area contributed by atoms with Gasteiger partial charge in [0.25, 0.3) is 0 Å². The number of morpholine rings is 1. The Morgan fingerprint density at radius 3 is 2.45 bits per heavy atom. The van der Waals surface area contributed by atoms with Gasteiger partial charge < -0.3 is 19.5 Å².